The number of halogens is 1. The van der Waals surface area contributed by atoms with Gasteiger partial charge in [0.15, 0.2) is 0 Å². The van der Waals surface area contributed by atoms with E-state index in [1.807, 2.05) is 24.4 Å². The minimum atomic E-state index is -0.267. The van der Waals surface area contributed by atoms with Crippen LogP contribution in [0.5, 0.6) is 0 Å². The predicted octanol–water partition coefficient (Wildman–Crippen LogP) is 3.92. The summed E-state index contributed by atoms with van der Waals surface area (Å²) in [4.78, 5) is 9.66. The lowest BCUT2D eigenvalue weighted by atomic mass is 10.2. The van der Waals surface area contributed by atoms with Crippen molar-refractivity contribution in [1.82, 2.24) is 9.97 Å². The zero-order valence-corrected chi connectivity index (χ0v) is 11.9. The predicted molar refractivity (Wildman–Crippen MR) is 81.4 cm³/mol. The van der Waals surface area contributed by atoms with Crippen molar-refractivity contribution in [1.29, 1.82) is 0 Å². The SMILES string of the molecule is CNc1nc(Nc2cc(C)cc(F)c2)c2ccsc2n1. The lowest BCUT2D eigenvalue weighted by Crippen LogP contribution is -2.01. The molecule has 0 atom stereocenters. The molecular weight excluding hydrogens is 275 g/mol. The number of anilines is 3. The molecule has 102 valence electrons. The number of benzene rings is 1. The summed E-state index contributed by atoms with van der Waals surface area (Å²) in [5, 5.41) is 8.98. The van der Waals surface area contributed by atoms with Crippen molar-refractivity contribution in [2.75, 3.05) is 17.7 Å². The smallest absolute Gasteiger partial charge is 0.225 e. The fourth-order valence-corrected chi connectivity index (χ4v) is 2.77. The van der Waals surface area contributed by atoms with Crippen molar-refractivity contribution in [3.8, 4) is 0 Å². The number of hydrogen-bond acceptors (Lipinski definition) is 5. The third-order valence-corrected chi connectivity index (χ3v) is 3.66. The summed E-state index contributed by atoms with van der Waals surface area (Å²) in [6.45, 7) is 1.85. The van der Waals surface area contributed by atoms with Crippen LogP contribution in [0.3, 0.4) is 0 Å². The molecule has 2 aromatic heterocycles. The van der Waals surface area contributed by atoms with Gasteiger partial charge in [0, 0.05) is 12.7 Å². The molecule has 20 heavy (non-hydrogen) atoms. The van der Waals surface area contributed by atoms with Crippen LogP contribution in [0.1, 0.15) is 5.56 Å². The third kappa shape index (κ3) is 2.42. The Morgan fingerprint density at radius 1 is 1.20 bits per heavy atom. The molecule has 4 nitrogen and oxygen atoms in total. The van der Waals surface area contributed by atoms with Gasteiger partial charge in [-0.05, 0) is 42.1 Å². The Hall–Kier alpha value is -2.21. The summed E-state index contributed by atoms with van der Waals surface area (Å²) in [6, 6.07) is 6.77. The molecule has 0 amide bonds. The van der Waals surface area contributed by atoms with Crippen LogP contribution in [0.4, 0.5) is 21.8 Å². The number of aromatic nitrogens is 2. The summed E-state index contributed by atoms with van der Waals surface area (Å²) in [5.74, 6) is 0.943. The summed E-state index contributed by atoms with van der Waals surface area (Å²) < 4.78 is 13.4. The topological polar surface area (TPSA) is 49.8 Å². The minimum Gasteiger partial charge on any atom is -0.357 e. The molecular formula is C14H13FN4S. The van der Waals surface area contributed by atoms with Crippen molar-refractivity contribution in [2.45, 2.75) is 6.92 Å². The van der Waals surface area contributed by atoms with E-state index in [0.717, 1.165) is 15.8 Å². The summed E-state index contributed by atoms with van der Waals surface area (Å²) in [5.41, 5.74) is 1.53. The van der Waals surface area contributed by atoms with Crippen LogP contribution < -0.4 is 10.6 Å². The molecule has 0 aliphatic carbocycles. The van der Waals surface area contributed by atoms with Crippen molar-refractivity contribution in [3.05, 3.63) is 41.0 Å². The van der Waals surface area contributed by atoms with Gasteiger partial charge in [0.05, 0.1) is 5.39 Å². The van der Waals surface area contributed by atoms with E-state index in [2.05, 4.69) is 20.6 Å². The van der Waals surface area contributed by atoms with Crippen molar-refractivity contribution >= 4 is 39.0 Å². The van der Waals surface area contributed by atoms with E-state index < -0.39 is 0 Å². The van der Waals surface area contributed by atoms with Gasteiger partial charge in [-0.15, -0.1) is 11.3 Å². The maximum Gasteiger partial charge on any atom is 0.225 e. The summed E-state index contributed by atoms with van der Waals surface area (Å²) in [7, 11) is 1.77. The average Bonchev–Trinajstić information content (AvgIpc) is 2.85. The molecule has 0 bridgehead atoms. The molecule has 0 aliphatic rings. The highest BCUT2D eigenvalue weighted by molar-refractivity contribution is 7.16. The minimum absolute atomic E-state index is 0.267. The number of hydrogen-bond donors (Lipinski definition) is 2. The Labute approximate surface area is 119 Å². The second-order valence-electron chi connectivity index (χ2n) is 4.43. The normalized spacial score (nSPS) is 10.8. The fraction of sp³-hybridized carbons (Fsp3) is 0.143. The van der Waals surface area contributed by atoms with Crippen molar-refractivity contribution in [3.63, 3.8) is 0 Å². The highest BCUT2D eigenvalue weighted by atomic mass is 32.1. The number of fused-ring (bicyclic) bond motifs is 1. The molecule has 0 saturated carbocycles. The van der Waals surface area contributed by atoms with E-state index in [9.17, 15) is 4.39 Å². The Morgan fingerprint density at radius 3 is 2.80 bits per heavy atom. The second kappa shape index (κ2) is 5.05. The average molecular weight is 288 g/mol. The van der Waals surface area contributed by atoms with Gasteiger partial charge >= 0.3 is 0 Å². The number of rotatable bonds is 3. The zero-order chi connectivity index (χ0) is 14.1. The molecule has 1 aromatic carbocycles. The lowest BCUT2D eigenvalue weighted by Gasteiger charge is -2.09. The highest BCUT2D eigenvalue weighted by Gasteiger charge is 2.09. The van der Waals surface area contributed by atoms with E-state index in [4.69, 9.17) is 0 Å². The van der Waals surface area contributed by atoms with Gasteiger partial charge < -0.3 is 10.6 Å². The fourth-order valence-electron chi connectivity index (χ4n) is 2.01. The molecule has 0 unspecified atom stereocenters. The number of thiophene rings is 1. The molecule has 3 aromatic rings. The van der Waals surface area contributed by atoms with Gasteiger partial charge in [-0.3, -0.25) is 0 Å². The molecule has 0 radical (unpaired) electrons. The first-order chi connectivity index (χ1) is 9.65. The first kappa shape index (κ1) is 12.8. The van der Waals surface area contributed by atoms with Crippen LogP contribution in [0, 0.1) is 12.7 Å². The van der Waals surface area contributed by atoms with Gasteiger partial charge in [-0.1, -0.05) is 0 Å². The third-order valence-electron chi connectivity index (χ3n) is 2.85. The lowest BCUT2D eigenvalue weighted by molar-refractivity contribution is 0.627. The molecule has 0 aliphatic heterocycles. The quantitative estimate of drug-likeness (QED) is 0.767. The molecule has 0 saturated heterocycles. The summed E-state index contributed by atoms with van der Waals surface area (Å²) in [6.07, 6.45) is 0. The van der Waals surface area contributed by atoms with Crippen LogP contribution in [-0.4, -0.2) is 17.0 Å². The molecule has 6 heteroatoms. The van der Waals surface area contributed by atoms with E-state index >= 15 is 0 Å². The standard InChI is InChI=1S/C14H13FN4S/c1-8-5-9(15)7-10(6-8)17-12-11-3-4-20-13(11)19-14(16-2)18-12/h3-7H,1-2H3,(H2,16,17,18,19). The molecule has 2 N–H and O–H groups in total. The number of nitrogens with zero attached hydrogens (tertiary/aromatic N) is 2. The van der Waals surface area contributed by atoms with Gasteiger partial charge in [0.25, 0.3) is 0 Å². The van der Waals surface area contributed by atoms with Gasteiger partial charge in [0.2, 0.25) is 5.95 Å². The van der Waals surface area contributed by atoms with Crippen LogP contribution in [0.25, 0.3) is 10.2 Å². The molecule has 0 spiro atoms. The van der Waals surface area contributed by atoms with Gasteiger partial charge in [0.1, 0.15) is 16.5 Å². The Balaban J connectivity index is 2.07. The first-order valence-corrected chi connectivity index (χ1v) is 7.01. The highest BCUT2D eigenvalue weighted by Crippen LogP contribution is 2.29. The van der Waals surface area contributed by atoms with E-state index in [0.29, 0.717) is 17.5 Å². The van der Waals surface area contributed by atoms with E-state index in [1.54, 1.807) is 18.4 Å². The van der Waals surface area contributed by atoms with Crippen molar-refractivity contribution in [2.24, 2.45) is 0 Å². The van der Waals surface area contributed by atoms with Gasteiger partial charge in [-0.2, -0.15) is 4.98 Å². The maximum atomic E-state index is 13.4. The van der Waals surface area contributed by atoms with Crippen LogP contribution in [-0.2, 0) is 0 Å². The largest absolute Gasteiger partial charge is 0.357 e. The molecule has 3 rings (SSSR count). The number of nitrogens with one attached hydrogen (secondary N) is 2. The molecule has 0 fully saturated rings. The Morgan fingerprint density at radius 2 is 2.05 bits per heavy atom. The second-order valence-corrected chi connectivity index (χ2v) is 5.32. The number of aryl methyl sites for hydroxylation is 1. The van der Waals surface area contributed by atoms with Crippen LogP contribution in [0.15, 0.2) is 29.6 Å². The van der Waals surface area contributed by atoms with Crippen molar-refractivity contribution < 1.29 is 4.39 Å². The monoisotopic (exact) mass is 288 g/mol. The Kier molecular flexibility index (Phi) is 3.23. The zero-order valence-electron chi connectivity index (χ0n) is 11.1. The van der Waals surface area contributed by atoms with Gasteiger partial charge in [-0.25, -0.2) is 9.37 Å². The van der Waals surface area contributed by atoms with Crippen LogP contribution in [0.2, 0.25) is 0 Å². The first-order valence-electron chi connectivity index (χ1n) is 6.13. The maximum absolute atomic E-state index is 13.4. The summed E-state index contributed by atoms with van der Waals surface area (Å²) >= 11 is 1.54. The Bertz CT molecular complexity index is 749. The van der Waals surface area contributed by atoms with E-state index in [1.165, 1.54) is 12.1 Å². The van der Waals surface area contributed by atoms with E-state index in [-0.39, 0.29) is 5.82 Å². The molecule has 2 heterocycles. The van der Waals surface area contributed by atoms with Crippen LogP contribution >= 0.6 is 11.3 Å².